The van der Waals surface area contributed by atoms with Gasteiger partial charge in [0.15, 0.2) is 11.6 Å². The molecule has 5 nitrogen and oxygen atoms in total. The van der Waals surface area contributed by atoms with E-state index in [4.69, 9.17) is 5.26 Å². The Morgan fingerprint density at radius 3 is 2.18 bits per heavy atom. The minimum atomic E-state index is -0.503. The van der Waals surface area contributed by atoms with Crippen molar-refractivity contribution in [2.75, 3.05) is 0 Å². The van der Waals surface area contributed by atoms with Crippen molar-refractivity contribution in [3.63, 3.8) is 0 Å². The molecule has 2 aromatic carbocycles. The first kappa shape index (κ1) is 13.8. The van der Waals surface area contributed by atoms with E-state index < -0.39 is 11.6 Å². The van der Waals surface area contributed by atoms with Crippen LogP contribution in [0, 0.1) is 11.3 Å². The summed E-state index contributed by atoms with van der Waals surface area (Å²) < 4.78 is 0. The number of ketones is 2. The zero-order valence-corrected chi connectivity index (χ0v) is 11.5. The third kappa shape index (κ3) is 1.85. The zero-order valence-electron chi connectivity index (χ0n) is 11.5. The van der Waals surface area contributed by atoms with Crippen LogP contribution in [0.5, 0.6) is 11.5 Å². The van der Waals surface area contributed by atoms with E-state index >= 15 is 0 Å². The molecule has 0 fully saturated rings. The lowest BCUT2D eigenvalue weighted by Crippen LogP contribution is -2.21. The predicted molar refractivity (Wildman–Crippen MR) is 77.0 cm³/mol. The Kier molecular flexibility index (Phi) is 3.15. The highest BCUT2D eigenvalue weighted by Crippen LogP contribution is 2.40. The normalized spacial score (nSPS) is 12.5. The maximum atomic E-state index is 12.6. The molecule has 0 spiro atoms. The third-order valence-electron chi connectivity index (χ3n) is 3.73. The fraction of sp³-hybridized carbons (Fsp3) is 0.118. The van der Waals surface area contributed by atoms with Gasteiger partial charge in [-0.05, 0) is 18.1 Å². The molecule has 2 N–H and O–H groups in total. The largest absolute Gasteiger partial charge is 0.507 e. The molecule has 0 saturated heterocycles. The van der Waals surface area contributed by atoms with Crippen molar-refractivity contribution in [3.8, 4) is 17.6 Å². The van der Waals surface area contributed by atoms with Crippen molar-refractivity contribution in [1.82, 2.24) is 0 Å². The van der Waals surface area contributed by atoms with Crippen molar-refractivity contribution < 1.29 is 19.8 Å². The summed E-state index contributed by atoms with van der Waals surface area (Å²) in [5, 5.41) is 29.0. The Balaban J connectivity index is 2.27. The van der Waals surface area contributed by atoms with Gasteiger partial charge in [0.25, 0.3) is 0 Å². The van der Waals surface area contributed by atoms with Gasteiger partial charge >= 0.3 is 0 Å². The summed E-state index contributed by atoms with van der Waals surface area (Å²) in [6.07, 6.45) is 0.316. The van der Waals surface area contributed by atoms with E-state index in [-0.39, 0.29) is 52.2 Å². The van der Waals surface area contributed by atoms with Gasteiger partial charge in [-0.3, -0.25) is 9.59 Å². The highest BCUT2D eigenvalue weighted by molar-refractivity contribution is 6.30. The lowest BCUT2D eigenvalue weighted by molar-refractivity contribution is 0.0974. The van der Waals surface area contributed by atoms with Crippen LogP contribution in [-0.4, -0.2) is 21.8 Å². The minimum Gasteiger partial charge on any atom is -0.507 e. The van der Waals surface area contributed by atoms with Gasteiger partial charge in [-0.1, -0.05) is 24.3 Å². The summed E-state index contributed by atoms with van der Waals surface area (Å²) in [4.78, 5) is 25.0. The van der Waals surface area contributed by atoms with Crippen LogP contribution in [-0.2, 0) is 6.42 Å². The predicted octanol–water partition coefficient (Wildman–Crippen LogP) is 2.33. The second-order valence-corrected chi connectivity index (χ2v) is 5.02. The van der Waals surface area contributed by atoms with Crippen molar-refractivity contribution in [2.24, 2.45) is 0 Å². The van der Waals surface area contributed by atoms with Crippen LogP contribution in [0.3, 0.4) is 0 Å². The molecule has 22 heavy (non-hydrogen) atoms. The average Bonchev–Trinajstić information content (AvgIpc) is 2.53. The summed E-state index contributed by atoms with van der Waals surface area (Å²) in [5.41, 5.74) is 0.323. The van der Waals surface area contributed by atoms with Crippen molar-refractivity contribution >= 4 is 11.6 Å². The molecule has 0 bridgehead atoms. The van der Waals surface area contributed by atoms with Crippen molar-refractivity contribution in [1.29, 1.82) is 5.26 Å². The Bertz CT molecular complexity index is 862. The second-order valence-electron chi connectivity index (χ2n) is 5.02. The number of aromatic hydroxyl groups is 2. The first-order chi connectivity index (χ1) is 10.6. The molecule has 0 amide bonds. The molecule has 108 valence electrons. The summed E-state index contributed by atoms with van der Waals surface area (Å²) in [5.74, 6) is -1.69. The Labute approximate surface area is 126 Å². The molecular formula is C17H11NO4. The number of rotatable bonds is 2. The topological polar surface area (TPSA) is 98.4 Å². The van der Waals surface area contributed by atoms with Crippen molar-refractivity contribution in [2.45, 2.75) is 12.8 Å². The van der Waals surface area contributed by atoms with Crippen molar-refractivity contribution in [3.05, 3.63) is 58.1 Å². The van der Waals surface area contributed by atoms with Gasteiger partial charge in [-0.25, -0.2) is 0 Å². The molecule has 0 saturated carbocycles. The van der Waals surface area contributed by atoms with E-state index in [2.05, 4.69) is 0 Å². The molecule has 5 heteroatoms. The molecule has 0 radical (unpaired) electrons. The first-order valence-corrected chi connectivity index (χ1v) is 6.69. The molecule has 3 rings (SSSR count). The highest BCUT2D eigenvalue weighted by Gasteiger charge is 2.35. The van der Waals surface area contributed by atoms with E-state index in [9.17, 15) is 19.8 Å². The van der Waals surface area contributed by atoms with Crippen LogP contribution < -0.4 is 0 Å². The molecule has 0 unspecified atom stereocenters. The van der Waals surface area contributed by atoms with Crippen LogP contribution in [0.2, 0.25) is 0 Å². The SMILES string of the molecule is N#CCCc1cc(O)c2c(c1O)C(=O)c1ccccc1C2=O. The smallest absolute Gasteiger partial charge is 0.198 e. The van der Waals surface area contributed by atoms with Crippen LogP contribution in [0.4, 0.5) is 0 Å². The summed E-state index contributed by atoms with van der Waals surface area (Å²) in [7, 11) is 0. The van der Waals surface area contributed by atoms with E-state index in [0.717, 1.165) is 0 Å². The number of carbonyl (C=O) groups is 2. The van der Waals surface area contributed by atoms with Crippen LogP contribution in [0.25, 0.3) is 0 Å². The first-order valence-electron chi connectivity index (χ1n) is 6.69. The van der Waals surface area contributed by atoms with E-state index in [1.165, 1.54) is 18.2 Å². The number of nitriles is 1. The number of phenols is 2. The molecule has 1 aliphatic rings. The minimum absolute atomic E-state index is 0.129. The number of hydrogen-bond acceptors (Lipinski definition) is 5. The third-order valence-corrected chi connectivity index (χ3v) is 3.73. The Hall–Kier alpha value is -3.13. The van der Waals surface area contributed by atoms with Gasteiger partial charge in [0.05, 0.1) is 17.2 Å². The maximum absolute atomic E-state index is 12.6. The van der Waals surface area contributed by atoms with E-state index in [0.29, 0.717) is 0 Å². The lowest BCUT2D eigenvalue weighted by Gasteiger charge is -2.20. The van der Waals surface area contributed by atoms with Crippen LogP contribution in [0.15, 0.2) is 30.3 Å². The molecule has 0 heterocycles. The van der Waals surface area contributed by atoms with Gasteiger partial charge < -0.3 is 10.2 Å². The zero-order chi connectivity index (χ0) is 15.9. The Morgan fingerprint density at radius 2 is 1.59 bits per heavy atom. The molecule has 2 aromatic rings. The number of carbonyl (C=O) groups excluding carboxylic acids is 2. The number of benzene rings is 2. The van der Waals surface area contributed by atoms with Gasteiger partial charge in [-0.15, -0.1) is 0 Å². The standard InChI is InChI=1S/C17H11NO4/c18-7-3-4-9-8-12(19)13-14(15(9)20)17(22)11-6-2-1-5-10(11)16(13)21/h1-2,5-6,8,19-20H,3-4H2. The fourth-order valence-electron chi connectivity index (χ4n) is 2.69. The average molecular weight is 293 g/mol. The Morgan fingerprint density at radius 1 is 1.00 bits per heavy atom. The summed E-state index contributed by atoms with van der Waals surface area (Å²) >= 11 is 0. The molecule has 0 aliphatic heterocycles. The molecular weight excluding hydrogens is 282 g/mol. The number of fused-ring (bicyclic) bond motifs is 2. The van der Waals surface area contributed by atoms with Crippen LogP contribution in [0.1, 0.15) is 43.8 Å². The van der Waals surface area contributed by atoms with Gasteiger partial charge in [-0.2, -0.15) is 5.26 Å². The molecule has 0 aromatic heterocycles. The molecule has 1 aliphatic carbocycles. The monoisotopic (exact) mass is 293 g/mol. The maximum Gasteiger partial charge on any atom is 0.198 e. The fourth-order valence-corrected chi connectivity index (χ4v) is 2.69. The number of aryl methyl sites for hydroxylation is 1. The van der Waals surface area contributed by atoms with E-state index in [1.54, 1.807) is 12.1 Å². The molecule has 0 atom stereocenters. The van der Waals surface area contributed by atoms with E-state index in [1.807, 2.05) is 6.07 Å². The number of nitrogens with zero attached hydrogens (tertiary/aromatic N) is 1. The van der Waals surface area contributed by atoms with Gasteiger partial charge in [0, 0.05) is 17.5 Å². The second kappa shape index (κ2) is 5.01. The number of phenolic OH excluding ortho intramolecular Hbond substituents is 2. The highest BCUT2D eigenvalue weighted by atomic mass is 16.3. The quantitative estimate of drug-likeness (QED) is 0.706. The number of hydrogen-bond donors (Lipinski definition) is 2. The van der Waals surface area contributed by atoms with Crippen LogP contribution >= 0.6 is 0 Å². The van der Waals surface area contributed by atoms with Gasteiger partial charge in [0.2, 0.25) is 0 Å². The summed E-state index contributed by atoms with van der Waals surface area (Å²) in [6.45, 7) is 0. The van der Waals surface area contributed by atoms with Gasteiger partial charge in [0.1, 0.15) is 11.5 Å². The lowest BCUT2D eigenvalue weighted by atomic mass is 9.81. The summed E-state index contributed by atoms with van der Waals surface area (Å²) in [6, 6.07) is 9.46.